The number of carbonyl (C=O) groups is 2. The van der Waals surface area contributed by atoms with Gasteiger partial charge in [-0.05, 0) is 58.7 Å². The van der Waals surface area contributed by atoms with Gasteiger partial charge in [0, 0.05) is 10.2 Å². The van der Waals surface area contributed by atoms with Crippen molar-refractivity contribution in [2.75, 3.05) is 11.9 Å². The molecule has 2 rings (SSSR count). The summed E-state index contributed by atoms with van der Waals surface area (Å²) in [5.74, 6) is -1.56. The molecule has 0 bridgehead atoms. The second-order valence-corrected chi connectivity index (χ2v) is 6.68. The van der Waals surface area contributed by atoms with Crippen molar-refractivity contribution < 1.29 is 24.5 Å². The number of nitrogens with one attached hydrogen (secondary N) is 1. The molecule has 126 valence electrons. The van der Waals surface area contributed by atoms with Crippen LogP contribution in [-0.2, 0) is 4.79 Å². The average molecular weight is 459 g/mol. The van der Waals surface area contributed by atoms with E-state index >= 15 is 0 Å². The highest BCUT2D eigenvalue weighted by Gasteiger charge is 2.13. The molecule has 6 nitrogen and oxygen atoms in total. The van der Waals surface area contributed by atoms with Gasteiger partial charge in [0.1, 0.15) is 17.1 Å². The number of halogens is 2. The van der Waals surface area contributed by atoms with Gasteiger partial charge in [0.25, 0.3) is 5.91 Å². The molecule has 0 spiro atoms. The Balaban J connectivity index is 2.04. The monoisotopic (exact) mass is 457 g/mol. The summed E-state index contributed by atoms with van der Waals surface area (Å²) < 4.78 is 7.10. The number of ether oxygens (including phenoxy) is 1. The van der Waals surface area contributed by atoms with E-state index in [0.717, 1.165) is 10.0 Å². The topological polar surface area (TPSA) is 95.9 Å². The van der Waals surface area contributed by atoms with Gasteiger partial charge >= 0.3 is 5.97 Å². The highest BCUT2D eigenvalue weighted by Crippen LogP contribution is 2.32. The summed E-state index contributed by atoms with van der Waals surface area (Å²) in [6.45, 7) is 1.60. The van der Waals surface area contributed by atoms with E-state index < -0.39 is 11.9 Å². The van der Waals surface area contributed by atoms with Crippen molar-refractivity contribution in [3.8, 4) is 11.5 Å². The standard InChI is InChI=1S/C16H13Br2NO5/c1-8-4-9(17)5-12(18)15(8)24-7-14(21)19-10-2-3-13(20)11(6-10)16(22)23/h2-6,20H,7H2,1H3,(H,19,21)(H,22,23). The van der Waals surface area contributed by atoms with E-state index in [2.05, 4.69) is 37.2 Å². The molecule has 0 unspecified atom stereocenters. The number of carboxylic acid groups (broad SMARTS) is 1. The van der Waals surface area contributed by atoms with Gasteiger partial charge in [-0.15, -0.1) is 0 Å². The maximum Gasteiger partial charge on any atom is 0.339 e. The summed E-state index contributed by atoms with van der Waals surface area (Å²) >= 11 is 6.73. The van der Waals surface area contributed by atoms with Crippen LogP contribution >= 0.6 is 31.9 Å². The number of carboxylic acids is 1. The molecule has 0 aliphatic rings. The largest absolute Gasteiger partial charge is 0.507 e. The minimum atomic E-state index is -1.28. The Labute approximate surface area is 154 Å². The van der Waals surface area contributed by atoms with Gasteiger partial charge in [-0.3, -0.25) is 4.79 Å². The second-order valence-electron chi connectivity index (χ2n) is 4.91. The molecule has 0 fully saturated rings. The molecule has 8 heteroatoms. The molecule has 0 aromatic heterocycles. The van der Waals surface area contributed by atoms with Gasteiger partial charge in [0.15, 0.2) is 6.61 Å². The Morgan fingerprint density at radius 3 is 2.54 bits per heavy atom. The van der Waals surface area contributed by atoms with Crippen molar-refractivity contribution in [3.05, 3.63) is 50.4 Å². The van der Waals surface area contributed by atoms with Crippen molar-refractivity contribution in [1.82, 2.24) is 0 Å². The predicted octanol–water partition coefficient (Wildman–Crippen LogP) is 3.94. The van der Waals surface area contributed by atoms with Crippen LogP contribution in [0.15, 0.2) is 39.3 Å². The zero-order valence-corrected chi connectivity index (χ0v) is 15.6. The Morgan fingerprint density at radius 2 is 1.92 bits per heavy atom. The van der Waals surface area contributed by atoms with Gasteiger partial charge in [0.2, 0.25) is 0 Å². The van der Waals surface area contributed by atoms with Crippen molar-refractivity contribution in [3.63, 3.8) is 0 Å². The van der Waals surface area contributed by atoms with E-state index in [0.29, 0.717) is 10.2 Å². The summed E-state index contributed by atoms with van der Waals surface area (Å²) in [6, 6.07) is 7.45. The van der Waals surface area contributed by atoms with E-state index in [4.69, 9.17) is 9.84 Å². The van der Waals surface area contributed by atoms with Crippen molar-refractivity contribution in [1.29, 1.82) is 0 Å². The number of rotatable bonds is 5. The molecule has 1 amide bonds. The van der Waals surface area contributed by atoms with Crippen molar-refractivity contribution in [2.24, 2.45) is 0 Å². The number of phenols is 1. The first-order valence-corrected chi connectivity index (χ1v) is 8.31. The maximum absolute atomic E-state index is 12.0. The highest BCUT2D eigenvalue weighted by molar-refractivity contribution is 9.11. The molecular weight excluding hydrogens is 446 g/mol. The zero-order valence-electron chi connectivity index (χ0n) is 12.5. The smallest absolute Gasteiger partial charge is 0.339 e. The number of carbonyl (C=O) groups excluding carboxylic acids is 1. The Morgan fingerprint density at radius 1 is 1.21 bits per heavy atom. The van der Waals surface area contributed by atoms with Crippen molar-refractivity contribution in [2.45, 2.75) is 6.92 Å². The fourth-order valence-electron chi connectivity index (χ4n) is 1.99. The molecule has 0 aliphatic carbocycles. The number of benzene rings is 2. The van der Waals surface area contributed by atoms with E-state index in [1.807, 2.05) is 13.0 Å². The number of hydrogen-bond donors (Lipinski definition) is 3. The fourth-order valence-corrected chi connectivity index (χ4v) is 3.54. The normalized spacial score (nSPS) is 10.3. The van der Waals surface area contributed by atoms with E-state index in [-0.39, 0.29) is 23.6 Å². The van der Waals surface area contributed by atoms with Gasteiger partial charge < -0.3 is 20.3 Å². The Kier molecular flexibility index (Phi) is 5.84. The SMILES string of the molecule is Cc1cc(Br)cc(Br)c1OCC(=O)Nc1ccc(O)c(C(=O)O)c1. The molecule has 0 atom stereocenters. The molecule has 0 aliphatic heterocycles. The first-order chi connectivity index (χ1) is 11.3. The summed E-state index contributed by atoms with van der Waals surface area (Å²) in [5.41, 5.74) is 0.812. The molecule has 0 saturated heterocycles. The van der Waals surface area contributed by atoms with Crippen LogP contribution in [0.25, 0.3) is 0 Å². The predicted molar refractivity (Wildman–Crippen MR) is 95.8 cm³/mol. The molecule has 24 heavy (non-hydrogen) atoms. The lowest BCUT2D eigenvalue weighted by Gasteiger charge is -2.12. The summed E-state index contributed by atoms with van der Waals surface area (Å²) in [6.07, 6.45) is 0. The number of hydrogen-bond acceptors (Lipinski definition) is 4. The third-order valence-electron chi connectivity index (χ3n) is 3.05. The molecule has 0 radical (unpaired) electrons. The molecular formula is C16H13Br2NO5. The summed E-state index contributed by atoms with van der Waals surface area (Å²) in [4.78, 5) is 22.9. The minimum absolute atomic E-state index is 0.246. The quantitative estimate of drug-likeness (QED) is 0.589. The van der Waals surface area contributed by atoms with Gasteiger partial charge in [0.05, 0.1) is 4.47 Å². The van der Waals surface area contributed by atoms with Crippen LogP contribution in [0, 0.1) is 6.92 Å². The van der Waals surface area contributed by atoms with Crippen LogP contribution in [0.2, 0.25) is 0 Å². The average Bonchev–Trinajstić information content (AvgIpc) is 2.47. The first kappa shape index (κ1) is 18.3. The molecule has 2 aromatic rings. The van der Waals surface area contributed by atoms with Crippen molar-refractivity contribution >= 4 is 49.4 Å². The summed E-state index contributed by atoms with van der Waals surface area (Å²) in [7, 11) is 0. The number of aromatic hydroxyl groups is 1. The number of anilines is 1. The number of amides is 1. The number of aromatic carboxylic acids is 1. The lowest BCUT2D eigenvalue weighted by atomic mass is 10.2. The van der Waals surface area contributed by atoms with Crippen LogP contribution in [0.3, 0.4) is 0 Å². The highest BCUT2D eigenvalue weighted by atomic mass is 79.9. The third-order valence-corrected chi connectivity index (χ3v) is 4.10. The van der Waals surface area contributed by atoms with Gasteiger partial charge in [-0.1, -0.05) is 15.9 Å². The molecule has 2 aromatic carbocycles. The van der Waals surface area contributed by atoms with E-state index in [1.165, 1.54) is 18.2 Å². The second kappa shape index (κ2) is 7.67. The lowest BCUT2D eigenvalue weighted by molar-refractivity contribution is -0.118. The molecule has 0 heterocycles. The van der Waals surface area contributed by atoms with Crippen LogP contribution in [-0.4, -0.2) is 28.7 Å². The van der Waals surface area contributed by atoms with Gasteiger partial charge in [-0.2, -0.15) is 0 Å². The maximum atomic E-state index is 12.0. The van der Waals surface area contributed by atoms with Crippen LogP contribution < -0.4 is 10.1 Å². The zero-order chi connectivity index (χ0) is 17.9. The lowest BCUT2D eigenvalue weighted by Crippen LogP contribution is -2.20. The van der Waals surface area contributed by atoms with Crippen LogP contribution in [0.1, 0.15) is 15.9 Å². The minimum Gasteiger partial charge on any atom is -0.507 e. The van der Waals surface area contributed by atoms with Gasteiger partial charge in [-0.25, -0.2) is 4.79 Å². The van der Waals surface area contributed by atoms with Crippen LogP contribution in [0.5, 0.6) is 11.5 Å². The first-order valence-electron chi connectivity index (χ1n) is 6.72. The molecule has 3 N–H and O–H groups in total. The Hall–Kier alpha value is -2.06. The summed E-state index contributed by atoms with van der Waals surface area (Å²) in [5, 5.41) is 20.9. The van der Waals surface area contributed by atoms with E-state index in [9.17, 15) is 14.7 Å². The van der Waals surface area contributed by atoms with Crippen LogP contribution in [0.4, 0.5) is 5.69 Å². The number of aryl methyl sites for hydroxylation is 1. The molecule has 0 saturated carbocycles. The third kappa shape index (κ3) is 4.48. The Bertz CT molecular complexity index is 784. The van der Waals surface area contributed by atoms with E-state index in [1.54, 1.807) is 6.07 Å². The fraction of sp³-hybridized carbons (Fsp3) is 0.125.